The SMILES string of the molecule is CC(O)C(=O)[O-].CCOc1ccc2nc3cc(N)ccc3c(N)c2c1. The van der Waals surface area contributed by atoms with Gasteiger partial charge >= 0.3 is 0 Å². The molecule has 3 aromatic rings. The number of aliphatic hydroxyl groups is 1. The number of fused-ring (bicyclic) bond motifs is 2. The van der Waals surface area contributed by atoms with Crippen molar-refractivity contribution in [3.05, 3.63) is 36.4 Å². The summed E-state index contributed by atoms with van der Waals surface area (Å²) < 4.78 is 5.50. The molecular formula is C18H20N3O4-. The van der Waals surface area contributed by atoms with E-state index in [1.54, 1.807) is 0 Å². The zero-order valence-corrected chi connectivity index (χ0v) is 14.0. The van der Waals surface area contributed by atoms with Crippen molar-refractivity contribution in [2.75, 3.05) is 18.1 Å². The number of rotatable bonds is 3. The van der Waals surface area contributed by atoms with Gasteiger partial charge in [-0.05, 0) is 50.2 Å². The number of carbonyl (C=O) groups is 1. The Kier molecular flexibility index (Phi) is 5.61. The molecule has 1 heterocycles. The van der Waals surface area contributed by atoms with Gasteiger partial charge in [0.1, 0.15) is 5.75 Å². The van der Waals surface area contributed by atoms with Gasteiger partial charge in [0, 0.05) is 16.5 Å². The minimum Gasteiger partial charge on any atom is -0.547 e. The van der Waals surface area contributed by atoms with Crippen LogP contribution in [-0.2, 0) is 4.79 Å². The molecule has 1 aromatic heterocycles. The number of nitrogen functional groups attached to an aromatic ring is 2. The van der Waals surface area contributed by atoms with E-state index in [-0.39, 0.29) is 0 Å². The third-order valence-electron chi connectivity index (χ3n) is 3.46. The molecule has 0 amide bonds. The highest BCUT2D eigenvalue weighted by atomic mass is 16.5. The minimum atomic E-state index is -1.44. The van der Waals surface area contributed by atoms with Crippen molar-refractivity contribution in [2.45, 2.75) is 20.0 Å². The second-order valence-corrected chi connectivity index (χ2v) is 5.41. The fourth-order valence-corrected chi connectivity index (χ4v) is 2.23. The first-order valence-corrected chi connectivity index (χ1v) is 7.73. The van der Waals surface area contributed by atoms with Crippen LogP contribution in [0.4, 0.5) is 11.4 Å². The molecule has 1 atom stereocenters. The topological polar surface area (TPSA) is 135 Å². The molecular weight excluding hydrogens is 322 g/mol. The number of benzene rings is 2. The summed E-state index contributed by atoms with van der Waals surface area (Å²) in [6, 6.07) is 11.3. The van der Waals surface area contributed by atoms with Crippen LogP contribution in [0.25, 0.3) is 21.8 Å². The summed E-state index contributed by atoms with van der Waals surface area (Å²) in [5, 5.41) is 19.1. The Morgan fingerprint density at radius 2 is 1.88 bits per heavy atom. The van der Waals surface area contributed by atoms with E-state index in [2.05, 4.69) is 4.98 Å². The van der Waals surface area contributed by atoms with Crippen LogP contribution in [0, 0.1) is 0 Å². The van der Waals surface area contributed by atoms with E-state index >= 15 is 0 Å². The van der Waals surface area contributed by atoms with Crippen molar-refractivity contribution < 1.29 is 19.7 Å². The van der Waals surface area contributed by atoms with E-state index in [0.29, 0.717) is 18.0 Å². The normalized spacial score (nSPS) is 11.6. The van der Waals surface area contributed by atoms with Gasteiger partial charge in [-0.1, -0.05) is 0 Å². The fraction of sp³-hybridized carbons (Fsp3) is 0.222. The Morgan fingerprint density at radius 1 is 1.20 bits per heavy atom. The van der Waals surface area contributed by atoms with Gasteiger partial charge in [0.25, 0.3) is 0 Å². The third-order valence-corrected chi connectivity index (χ3v) is 3.46. The first-order valence-electron chi connectivity index (χ1n) is 7.73. The molecule has 0 bridgehead atoms. The molecule has 0 aliphatic rings. The number of nitrogens with two attached hydrogens (primary N) is 2. The van der Waals surface area contributed by atoms with Crippen LogP contribution in [0.3, 0.4) is 0 Å². The highest BCUT2D eigenvalue weighted by Crippen LogP contribution is 2.31. The Hall–Kier alpha value is -3.06. The molecule has 0 fully saturated rings. The number of aliphatic hydroxyl groups excluding tert-OH is 1. The number of carbonyl (C=O) groups excluding carboxylic acids is 1. The van der Waals surface area contributed by atoms with Gasteiger partial charge in [-0.15, -0.1) is 0 Å². The summed E-state index contributed by atoms with van der Waals surface area (Å²) in [5.74, 6) is -0.631. The smallest absolute Gasteiger partial charge is 0.120 e. The van der Waals surface area contributed by atoms with Crippen LogP contribution < -0.4 is 21.3 Å². The molecule has 5 N–H and O–H groups in total. The maximum atomic E-state index is 9.34. The van der Waals surface area contributed by atoms with Gasteiger partial charge < -0.3 is 31.2 Å². The molecule has 2 aromatic carbocycles. The van der Waals surface area contributed by atoms with Crippen LogP contribution in [0.2, 0.25) is 0 Å². The van der Waals surface area contributed by atoms with Gasteiger partial charge in [-0.25, -0.2) is 4.98 Å². The largest absolute Gasteiger partial charge is 0.547 e. The van der Waals surface area contributed by atoms with Crippen LogP contribution in [0.5, 0.6) is 5.75 Å². The van der Waals surface area contributed by atoms with Crippen LogP contribution in [0.15, 0.2) is 36.4 Å². The Balaban J connectivity index is 0.000000326. The van der Waals surface area contributed by atoms with Crippen molar-refractivity contribution in [1.82, 2.24) is 4.98 Å². The number of carboxylic acids is 1. The van der Waals surface area contributed by atoms with Gasteiger partial charge in [0.2, 0.25) is 0 Å². The van der Waals surface area contributed by atoms with Crippen LogP contribution in [0.1, 0.15) is 13.8 Å². The first-order chi connectivity index (χ1) is 11.8. The number of anilines is 2. The van der Waals surface area contributed by atoms with Gasteiger partial charge in [0.05, 0.1) is 35.4 Å². The predicted octanol–water partition coefficient (Wildman–Crippen LogP) is 1.07. The summed E-state index contributed by atoms with van der Waals surface area (Å²) in [7, 11) is 0. The quantitative estimate of drug-likeness (QED) is 0.478. The molecule has 1 unspecified atom stereocenters. The van der Waals surface area contributed by atoms with E-state index in [0.717, 1.165) is 34.5 Å². The number of hydrogen-bond donors (Lipinski definition) is 3. The van der Waals surface area contributed by atoms with Crippen molar-refractivity contribution in [3.63, 3.8) is 0 Å². The molecule has 0 radical (unpaired) electrons. The first kappa shape index (κ1) is 18.3. The fourth-order valence-electron chi connectivity index (χ4n) is 2.23. The number of carboxylic acid groups (broad SMARTS) is 1. The molecule has 0 spiro atoms. The molecule has 7 nitrogen and oxygen atoms in total. The van der Waals surface area contributed by atoms with Crippen molar-refractivity contribution in [2.24, 2.45) is 0 Å². The van der Waals surface area contributed by atoms with Gasteiger partial charge in [-0.2, -0.15) is 0 Å². The van der Waals surface area contributed by atoms with Crippen molar-refractivity contribution >= 4 is 39.1 Å². The summed E-state index contributed by atoms with van der Waals surface area (Å²) in [6.45, 7) is 3.72. The van der Waals surface area contributed by atoms with Gasteiger partial charge in [0.15, 0.2) is 0 Å². The van der Waals surface area contributed by atoms with Crippen LogP contribution in [-0.4, -0.2) is 28.8 Å². The predicted molar refractivity (Wildman–Crippen MR) is 95.9 cm³/mol. The summed E-state index contributed by atoms with van der Waals surface area (Å²) in [4.78, 5) is 13.9. The van der Waals surface area contributed by atoms with E-state index in [1.165, 1.54) is 0 Å². The van der Waals surface area contributed by atoms with E-state index in [1.807, 2.05) is 43.3 Å². The molecule has 0 aliphatic carbocycles. The highest BCUT2D eigenvalue weighted by molar-refractivity contribution is 6.07. The lowest BCUT2D eigenvalue weighted by Gasteiger charge is -2.09. The molecule has 0 aliphatic heterocycles. The minimum absolute atomic E-state index is 0.628. The summed E-state index contributed by atoms with van der Waals surface area (Å²) in [5.41, 5.74) is 15.1. The molecule has 7 heteroatoms. The standard InChI is InChI=1S/C15H15N3O.C3H6O3/c1-2-19-10-4-6-13-12(8-10)15(17)11-5-3-9(16)7-14(11)18-13;1-2(4)3(5)6/h3-8H,2,16H2,1H3,(H2,17,18);2,4H,1H3,(H,5,6)/p-1. The van der Waals surface area contributed by atoms with Crippen molar-refractivity contribution in [3.8, 4) is 5.75 Å². The highest BCUT2D eigenvalue weighted by Gasteiger charge is 2.07. The number of aromatic nitrogens is 1. The lowest BCUT2D eigenvalue weighted by atomic mass is 10.1. The Bertz CT molecular complexity index is 910. The van der Waals surface area contributed by atoms with Gasteiger partial charge in [-0.3, -0.25) is 0 Å². The average Bonchev–Trinajstić information content (AvgIpc) is 2.56. The molecule has 0 saturated heterocycles. The zero-order chi connectivity index (χ0) is 18.6. The number of nitrogens with zero attached hydrogens (tertiary/aromatic N) is 1. The summed E-state index contributed by atoms with van der Waals surface area (Å²) >= 11 is 0. The van der Waals surface area contributed by atoms with E-state index in [4.69, 9.17) is 21.3 Å². The maximum Gasteiger partial charge on any atom is 0.120 e. The number of aliphatic carboxylic acids is 1. The summed E-state index contributed by atoms with van der Waals surface area (Å²) in [6.07, 6.45) is -1.34. The zero-order valence-electron chi connectivity index (χ0n) is 14.0. The second-order valence-electron chi connectivity index (χ2n) is 5.41. The third kappa shape index (κ3) is 4.27. The molecule has 3 rings (SSSR count). The monoisotopic (exact) mass is 342 g/mol. The maximum absolute atomic E-state index is 9.34. The molecule has 25 heavy (non-hydrogen) atoms. The Morgan fingerprint density at radius 3 is 2.48 bits per heavy atom. The molecule has 0 saturated carbocycles. The van der Waals surface area contributed by atoms with Crippen LogP contribution >= 0.6 is 0 Å². The van der Waals surface area contributed by atoms with Crippen molar-refractivity contribution in [1.29, 1.82) is 0 Å². The number of ether oxygens (including phenoxy) is 1. The average molecular weight is 342 g/mol. The number of pyridine rings is 1. The number of hydrogen-bond acceptors (Lipinski definition) is 7. The lowest BCUT2D eigenvalue weighted by molar-refractivity contribution is -0.314. The van der Waals surface area contributed by atoms with E-state index in [9.17, 15) is 9.90 Å². The lowest BCUT2D eigenvalue weighted by Crippen LogP contribution is -2.32. The Labute approximate surface area is 144 Å². The second kappa shape index (κ2) is 7.67. The van der Waals surface area contributed by atoms with E-state index < -0.39 is 12.1 Å². The molecule has 132 valence electrons.